The SMILES string of the molecule is FC(F)(F)c1nnc2ccc(Sc3nnnn3CC3CCCO3)nn12. The van der Waals surface area contributed by atoms with Crippen LogP contribution in [0, 0.1) is 0 Å². The Morgan fingerprint density at radius 3 is 2.88 bits per heavy atom. The van der Waals surface area contributed by atoms with Crippen molar-refractivity contribution in [3.8, 4) is 0 Å². The van der Waals surface area contributed by atoms with Gasteiger partial charge in [-0.3, -0.25) is 0 Å². The molecule has 0 spiro atoms. The van der Waals surface area contributed by atoms with E-state index in [9.17, 15) is 13.2 Å². The van der Waals surface area contributed by atoms with Crippen molar-refractivity contribution in [3.63, 3.8) is 0 Å². The van der Waals surface area contributed by atoms with Crippen molar-refractivity contribution < 1.29 is 17.9 Å². The number of fused-ring (bicyclic) bond motifs is 1. The molecular weight excluding hydrogens is 361 g/mol. The minimum absolute atomic E-state index is 0.00984. The first-order valence-corrected chi connectivity index (χ1v) is 8.17. The first-order chi connectivity index (χ1) is 12.0. The zero-order valence-electron chi connectivity index (χ0n) is 12.6. The van der Waals surface area contributed by atoms with Gasteiger partial charge in [-0.15, -0.1) is 15.3 Å². The molecule has 0 N–H and O–H groups in total. The van der Waals surface area contributed by atoms with Gasteiger partial charge in [0.15, 0.2) is 5.65 Å². The van der Waals surface area contributed by atoms with Gasteiger partial charge in [0.05, 0.1) is 12.6 Å². The summed E-state index contributed by atoms with van der Waals surface area (Å²) < 4.78 is 46.6. The van der Waals surface area contributed by atoms with Gasteiger partial charge in [-0.25, -0.2) is 4.68 Å². The number of nitrogens with zero attached hydrogens (tertiary/aromatic N) is 8. The van der Waals surface area contributed by atoms with Gasteiger partial charge in [0.25, 0.3) is 5.82 Å². The summed E-state index contributed by atoms with van der Waals surface area (Å²) in [6.07, 6.45) is -2.70. The molecule has 13 heteroatoms. The van der Waals surface area contributed by atoms with Crippen molar-refractivity contribution in [1.29, 1.82) is 0 Å². The lowest BCUT2D eigenvalue weighted by Crippen LogP contribution is -2.17. The molecule has 1 aliphatic heterocycles. The molecule has 3 aromatic rings. The summed E-state index contributed by atoms with van der Waals surface area (Å²) in [6, 6.07) is 2.95. The summed E-state index contributed by atoms with van der Waals surface area (Å²) in [5.74, 6) is -1.18. The standard InChI is InChI=1S/C12H11F3N8OS/c13-12(14,15)10-17-16-8-3-4-9(19-23(8)10)25-11-18-20-21-22(11)6-7-2-1-5-24-7/h3-4,7H,1-2,5-6H2. The molecule has 1 unspecified atom stereocenters. The Balaban J connectivity index is 1.60. The number of tetrazole rings is 1. The quantitative estimate of drug-likeness (QED) is 0.679. The molecule has 0 bridgehead atoms. The molecular formula is C12H11F3N8OS. The molecule has 132 valence electrons. The minimum Gasteiger partial charge on any atom is -0.376 e. The molecule has 0 aromatic carbocycles. The van der Waals surface area contributed by atoms with Crippen LogP contribution < -0.4 is 0 Å². The fraction of sp³-hybridized carbons (Fsp3) is 0.500. The van der Waals surface area contributed by atoms with Crippen molar-refractivity contribution in [2.75, 3.05) is 6.61 Å². The first-order valence-electron chi connectivity index (χ1n) is 7.36. The maximum Gasteiger partial charge on any atom is 0.453 e. The van der Waals surface area contributed by atoms with E-state index in [1.165, 1.54) is 6.07 Å². The van der Waals surface area contributed by atoms with E-state index in [0.29, 0.717) is 27.8 Å². The van der Waals surface area contributed by atoms with Crippen LogP contribution in [0.5, 0.6) is 0 Å². The molecule has 1 aliphatic rings. The number of rotatable bonds is 4. The Morgan fingerprint density at radius 1 is 1.24 bits per heavy atom. The summed E-state index contributed by atoms with van der Waals surface area (Å²) in [5, 5.41) is 22.7. The highest BCUT2D eigenvalue weighted by Gasteiger charge is 2.37. The zero-order chi connectivity index (χ0) is 17.4. The van der Waals surface area contributed by atoms with Crippen LogP contribution in [0.1, 0.15) is 18.7 Å². The van der Waals surface area contributed by atoms with Gasteiger partial charge in [0.1, 0.15) is 5.03 Å². The topological polar surface area (TPSA) is 95.9 Å². The Hall–Kier alpha value is -2.28. The first kappa shape index (κ1) is 16.2. The third-order valence-electron chi connectivity index (χ3n) is 3.59. The van der Waals surface area contributed by atoms with Gasteiger partial charge in [0, 0.05) is 6.61 Å². The van der Waals surface area contributed by atoms with E-state index in [-0.39, 0.29) is 11.8 Å². The van der Waals surface area contributed by atoms with Crippen molar-refractivity contribution in [3.05, 3.63) is 18.0 Å². The average Bonchev–Trinajstić information content (AvgIpc) is 3.28. The van der Waals surface area contributed by atoms with Crippen LogP contribution in [0.4, 0.5) is 13.2 Å². The van der Waals surface area contributed by atoms with Gasteiger partial charge >= 0.3 is 6.18 Å². The predicted octanol–water partition coefficient (Wildman–Crippen LogP) is 1.46. The number of ether oxygens (including phenoxy) is 1. The number of hydrogen-bond donors (Lipinski definition) is 0. The van der Waals surface area contributed by atoms with E-state index in [2.05, 4.69) is 30.8 Å². The van der Waals surface area contributed by atoms with E-state index in [4.69, 9.17) is 4.74 Å². The highest BCUT2D eigenvalue weighted by atomic mass is 32.2. The van der Waals surface area contributed by atoms with Crippen LogP contribution in [0.3, 0.4) is 0 Å². The number of hydrogen-bond acceptors (Lipinski definition) is 8. The predicted molar refractivity (Wildman–Crippen MR) is 76.7 cm³/mol. The van der Waals surface area contributed by atoms with Crippen LogP contribution >= 0.6 is 11.8 Å². The Bertz CT molecular complexity index is 888. The van der Waals surface area contributed by atoms with Crippen molar-refractivity contribution >= 4 is 17.4 Å². The van der Waals surface area contributed by atoms with Crippen LogP contribution in [0.25, 0.3) is 5.65 Å². The largest absolute Gasteiger partial charge is 0.453 e. The lowest BCUT2D eigenvalue weighted by atomic mass is 10.2. The van der Waals surface area contributed by atoms with E-state index >= 15 is 0 Å². The van der Waals surface area contributed by atoms with Crippen LogP contribution in [-0.4, -0.2) is 52.7 Å². The van der Waals surface area contributed by atoms with Gasteiger partial charge in [-0.2, -0.15) is 22.8 Å². The van der Waals surface area contributed by atoms with Crippen LogP contribution in [-0.2, 0) is 17.5 Å². The molecule has 9 nitrogen and oxygen atoms in total. The van der Waals surface area contributed by atoms with Gasteiger partial charge < -0.3 is 4.74 Å². The molecule has 4 rings (SSSR count). The minimum atomic E-state index is -4.64. The maximum absolute atomic E-state index is 12.9. The molecule has 1 saturated heterocycles. The lowest BCUT2D eigenvalue weighted by molar-refractivity contribution is -0.146. The summed E-state index contributed by atoms with van der Waals surface area (Å²) in [5.41, 5.74) is 0.00984. The molecule has 1 fully saturated rings. The fourth-order valence-electron chi connectivity index (χ4n) is 2.46. The molecule has 4 heterocycles. The van der Waals surface area contributed by atoms with Crippen LogP contribution in [0.2, 0.25) is 0 Å². The van der Waals surface area contributed by atoms with E-state index in [1.54, 1.807) is 10.7 Å². The summed E-state index contributed by atoms with van der Waals surface area (Å²) >= 11 is 1.06. The van der Waals surface area contributed by atoms with Gasteiger partial charge in [-0.1, -0.05) is 0 Å². The highest BCUT2D eigenvalue weighted by Crippen LogP contribution is 2.29. The van der Waals surface area contributed by atoms with Gasteiger partial charge in [-0.05, 0) is 47.2 Å². The second-order valence-corrected chi connectivity index (χ2v) is 6.33. The van der Waals surface area contributed by atoms with E-state index < -0.39 is 12.0 Å². The highest BCUT2D eigenvalue weighted by molar-refractivity contribution is 7.99. The summed E-state index contributed by atoms with van der Waals surface area (Å²) in [6.45, 7) is 1.19. The third-order valence-corrected chi connectivity index (χ3v) is 4.49. The molecule has 1 atom stereocenters. The Labute approximate surface area is 142 Å². The zero-order valence-corrected chi connectivity index (χ0v) is 13.4. The molecule has 0 amide bonds. The van der Waals surface area contributed by atoms with Gasteiger partial charge in [0.2, 0.25) is 5.16 Å². The molecule has 0 saturated carbocycles. The Morgan fingerprint density at radius 2 is 2.12 bits per heavy atom. The Kier molecular flexibility index (Phi) is 4.03. The molecule has 0 radical (unpaired) electrons. The third kappa shape index (κ3) is 3.28. The van der Waals surface area contributed by atoms with Crippen molar-refractivity contribution in [1.82, 2.24) is 40.0 Å². The molecule has 3 aromatic heterocycles. The number of halogens is 3. The van der Waals surface area contributed by atoms with E-state index in [0.717, 1.165) is 24.6 Å². The summed E-state index contributed by atoms with van der Waals surface area (Å²) in [4.78, 5) is 0. The fourth-order valence-corrected chi connectivity index (χ4v) is 3.20. The van der Waals surface area contributed by atoms with Crippen LogP contribution in [0.15, 0.2) is 22.3 Å². The maximum atomic E-state index is 12.9. The normalized spacial score (nSPS) is 18.3. The smallest absolute Gasteiger partial charge is 0.376 e. The second kappa shape index (κ2) is 6.22. The summed E-state index contributed by atoms with van der Waals surface area (Å²) in [7, 11) is 0. The number of aromatic nitrogens is 8. The van der Waals surface area contributed by atoms with E-state index in [1.807, 2.05) is 0 Å². The number of alkyl halides is 3. The monoisotopic (exact) mass is 372 g/mol. The molecule has 0 aliphatic carbocycles. The van der Waals surface area contributed by atoms with Crippen molar-refractivity contribution in [2.24, 2.45) is 0 Å². The lowest BCUT2D eigenvalue weighted by Gasteiger charge is -2.09. The van der Waals surface area contributed by atoms with Crippen molar-refractivity contribution in [2.45, 2.75) is 41.8 Å². The molecule has 25 heavy (non-hydrogen) atoms. The second-order valence-electron chi connectivity index (χ2n) is 5.34. The average molecular weight is 372 g/mol.